The molecule has 1 atom stereocenters. The van der Waals surface area contributed by atoms with Crippen LogP contribution < -0.4 is 5.32 Å². The topological polar surface area (TPSA) is 126 Å². The average molecular weight is 388 g/mol. The second kappa shape index (κ2) is 8.24. The van der Waals surface area contributed by atoms with Crippen molar-refractivity contribution in [3.05, 3.63) is 52.6 Å². The predicted octanol–water partition coefficient (Wildman–Crippen LogP) is 2.59. The molecule has 2 rings (SSSR count). The number of rotatable bonds is 7. The Labute approximate surface area is 162 Å². The molecule has 8 heteroatoms. The minimum absolute atomic E-state index is 0.0588. The van der Waals surface area contributed by atoms with Crippen molar-refractivity contribution in [2.24, 2.45) is 0 Å². The number of nitrogens with zero attached hydrogens (tertiary/aromatic N) is 1. The van der Waals surface area contributed by atoms with Crippen LogP contribution in [0.5, 0.6) is 0 Å². The zero-order valence-electron chi connectivity index (χ0n) is 16.3. The van der Waals surface area contributed by atoms with Crippen LogP contribution in [0.1, 0.15) is 52.0 Å². The number of hydrogen-bond acceptors (Lipinski definition) is 6. The van der Waals surface area contributed by atoms with Crippen LogP contribution in [0.15, 0.2) is 47.1 Å². The number of aliphatic carboxylic acids is 2. The fourth-order valence-electron chi connectivity index (χ4n) is 3.05. The molecule has 0 amide bonds. The normalized spacial score (nSPS) is 17.2. The number of esters is 1. The molecule has 2 heterocycles. The number of dihydropyridines is 1. The van der Waals surface area contributed by atoms with Gasteiger partial charge in [-0.25, -0.2) is 14.4 Å². The average Bonchev–Trinajstić information content (AvgIpc) is 2.67. The Morgan fingerprint density at radius 3 is 2.29 bits per heavy atom. The quantitative estimate of drug-likeness (QED) is 0.609. The first-order chi connectivity index (χ1) is 13.1. The Balaban J connectivity index is 2.66. The summed E-state index contributed by atoms with van der Waals surface area (Å²) in [7, 11) is 0. The van der Waals surface area contributed by atoms with Crippen LogP contribution in [0.2, 0.25) is 0 Å². The van der Waals surface area contributed by atoms with E-state index in [1.807, 2.05) is 13.8 Å². The molecular weight excluding hydrogens is 364 g/mol. The summed E-state index contributed by atoms with van der Waals surface area (Å²) in [5.41, 5.74) is -0.957. The maximum atomic E-state index is 13.1. The monoisotopic (exact) mass is 388 g/mol. The molecule has 0 spiro atoms. The number of ether oxygens (including phenoxy) is 1. The fourth-order valence-corrected chi connectivity index (χ4v) is 3.05. The van der Waals surface area contributed by atoms with E-state index >= 15 is 0 Å². The third kappa shape index (κ3) is 4.05. The van der Waals surface area contributed by atoms with Crippen LogP contribution in [0.3, 0.4) is 0 Å². The minimum Gasteiger partial charge on any atom is -0.478 e. The van der Waals surface area contributed by atoms with Gasteiger partial charge < -0.3 is 20.3 Å². The van der Waals surface area contributed by atoms with Crippen molar-refractivity contribution in [1.82, 2.24) is 10.3 Å². The van der Waals surface area contributed by atoms with Crippen molar-refractivity contribution in [3.8, 4) is 0 Å². The SMILES string of the molecule is CCC(C)(CC)OC(=O)C1=C(C)NC(C(=O)O)=C(C(=O)O)C1c1cccnc1. The lowest BCUT2D eigenvalue weighted by molar-refractivity contribution is -0.154. The number of allylic oxidation sites excluding steroid dienone is 1. The zero-order chi connectivity index (χ0) is 21.1. The molecule has 1 aromatic heterocycles. The zero-order valence-corrected chi connectivity index (χ0v) is 16.3. The number of hydrogen-bond donors (Lipinski definition) is 3. The highest BCUT2D eigenvalue weighted by molar-refractivity contribution is 6.05. The first-order valence-electron chi connectivity index (χ1n) is 8.97. The predicted molar refractivity (Wildman–Crippen MR) is 100 cm³/mol. The standard InChI is InChI=1S/C20H24N2O6/c1-5-20(4,6-2)28-19(27)13-11(3)22-16(18(25)26)15(17(23)24)14(13)12-8-7-9-21-10-12/h7-10,14,22H,5-6H2,1-4H3,(H,23,24)(H,25,26). The third-order valence-electron chi connectivity index (χ3n) is 5.08. The van der Waals surface area contributed by atoms with Gasteiger partial charge in [-0.2, -0.15) is 0 Å². The van der Waals surface area contributed by atoms with Crippen LogP contribution in [0.4, 0.5) is 0 Å². The van der Waals surface area contributed by atoms with Crippen LogP contribution >= 0.6 is 0 Å². The Morgan fingerprint density at radius 1 is 1.18 bits per heavy atom. The summed E-state index contributed by atoms with van der Waals surface area (Å²) in [5.74, 6) is -4.67. The summed E-state index contributed by atoms with van der Waals surface area (Å²) < 4.78 is 5.70. The van der Waals surface area contributed by atoms with Crippen molar-refractivity contribution in [2.75, 3.05) is 0 Å². The van der Waals surface area contributed by atoms with Gasteiger partial charge >= 0.3 is 17.9 Å². The number of carbonyl (C=O) groups is 3. The van der Waals surface area contributed by atoms with Gasteiger partial charge in [-0.3, -0.25) is 4.98 Å². The number of carbonyl (C=O) groups excluding carboxylic acids is 1. The molecule has 1 aliphatic rings. The molecule has 0 saturated carbocycles. The van der Waals surface area contributed by atoms with E-state index in [-0.39, 0.29) is 11.3 Å². The molecular formula is C20H24N2O6. The highest BCUT2D eigenvalue weighted by Gasteiger charge is 2.41. The van der Waals surface area contributed by atoms with Gasteiger partial charge in [0.05, 0.1) is 17.1 Å². The maximum Gasteiger partial charge on any atom is 0.352 e. The molecule has 8 nitrogen and oxygen atoms in total. The molecule has 3 N–H and O–H groups in total. The largest absolute Gasteiger partial charge is 0.478 e. The number of carboxylic acids is 2. The van der Waals surface area contributed by atoms with Crippen molar-refractivity contribution in [3.63, 3.8) is 0 Å². The highest BCUT2D eigenvalue weighted by Crippen LogP contribution is 2.39. The molecule has 0 radical (unpaired) electrons. The van der Waals surface area contributed by atoms with Gasteiger partial charge in [0.1, 0.15) is 11.3 Å². The van der Waals surface area contributed by atoms with E-state index in [9.17, 15) is 24.6 Å². The van der Waals surface area contributed by atoms with Crippen molar-refractivity contribution in [2.45, 2.75) is 52.1 Å². The Hall–Kier alpha value is -3.16. The van der Waals surface area contributed by atoms with Gasteiger partial charge in [0.15, 0.2) is 0 Å². The van der Waals surface area contributed by atoms with Crippen molar-refractivity contribution in [1.29, 1.82) is 0 Å². The number of carboxylic acid groups (broad SMARTS) is 2. The van der Waals surface area contributed by atoms with Crippen LogP contribution in [-0.4, -0.2) is 38.7 Å². The second-order valence-corrected chi connectivity index (χ2v) is 6.83. The Morgan fingerprint density at radius 2 is 1.82 bits per heavy atom. The lowest BCUT2D eigenvalue weighted by Gasteiger charge is -2.32. The van der Waals surface area contributed by atoms with Crippen LogP contribution in [-0.2, 0) is 19.1 Å². The molecule has 1 unspecified atom stereocenters. The van der Waals surface area contributed by atoms with Crippen LogP contribution in [0, 0.1) is 0 Å². The maximum absolute atomic E-state index is 13.1. The Kier molecular flexibility index (Phi) is 6.23. The van der Waals surface area contributed by atoms with Crippen molar-refractivity contribution >= 4 is 17.9 Å². The van der Waals surface area contributed by atoms with E-state index in [4.69, 9.17) is 4.74 Å². The van der Waals surface area contributed by atoms with E-state index in [1.54, 1.807) is 19.1 Å². The summed E-state index contributed by atoms with van der Waals surface area (Å²) in [6.45, 7) is 7.10. The molecule has 0 aliphatic carbocycles. The molecule has 0 bridgehead atoms. The molecule has 0 aromatic carbocycles. The van der Waals surface area contributed by atoms with E-state index in [1.165, 1.54) is 19.3 Å². The lowest BCUT2D eigenvalue weighted by Crippen LogP contribution is -2.38. The molecule has 28 heavy (non-hydrogen) atoms. The number of nitrogens with one attached hydrogen (secondary N) is 1. The molecule has 1 aliphatic heterocycles. The van der Waals surface area contributed by atoms with Gasteiger partial charge in [0, 0.05) is 18.1 Å². The van der Waals surface area contributed by atoms with Gasteiger partial charge in [-0.05, 0) is 38.3 Å². The summed E-state index contributed by atoms with van der Waals surface area (Å²) >= 11 is 0. The molecule has 0 fully saturated rings. The highest BCUT2D eigenvalue weighted by atomic mass is 16.6. The summed E-state index contributed by atoms with van der Waals surface area (Å²) in [5, 5.41) is 21.8. The minimum atomic E-state index is -1.44. The van der Waals surface area contributed by atoms with Crippen molar-refractivity contribution < 1.29 is 29.3 Å². The van der Waals surface area contributed by atoms with Gasteiger partial charge in [-0.15, -0.1) is 0 Å². The molecule has 0 saturated heterocycles. The smallest absolute Gasteiger partial charge is 0.352 e. The van der Waals surface area contributed by atoms with E-state index in [2.05, 4.69) is 10.3 Å². The third-order valence-corrected chi connectivity index (χ3v) is 5.08. The van der Waals surface area contributed by atoms with E-state index in [0.29, 0.717) is 18.4 Å². The molecule has 1 aromatic rings. The molecule has 150 valence electrons. The lowest BCUT2D eigenvalue weighted by atomic mass is 9.80. The first kappa shape index (κ1) is 21.1. The van der Waals surface area contributed by atoms with Crippen LogP contribution in [0.25, 0.3) is 0 Å². The first-order valence-corrected chi connectivity index (χ1v) is 8.97. The number of pyridine rings is 1. The van der Waals surface area contributed by atoms with Gasteiger partial charge in [0.2, 0.25) is 0 Å². The fraction of sp³-hybridized carbons (Fsp3) is 0.400. The second-order valence-electron chi connectivity index (χ2n) is 6.83. The van der Waals surface area contributed by atoms with E-state index < -0.39 is 40.7 Å². The van der Waals surface area contributed by atoms with E-state index in [0.717, 1.165) is 0 Å². The van der Waals surface area contributed by atoms with Gasteiger partial charge in [0.25, 0.3) is 0 Å². The van der Waals surface area contributed by atoms with Gasteiger partial charge in [-0.1, -0.05) is 19.9 Å². The number of aromatic nitrogens is 1. The summed E-state index contributed by atoms with van der Waals surface area (Å²) in [6, 6.07) is 3.20. The Bertz CT molecular complexity index is 853. The summed E-state index contributed by atoms with van der Waals surface area (Å²) in [6.07, 6.45) is 4.08. The summed E-state index contributed by atoms with van der Waals surface area (Å²) in [4.78, 5) is 40.7.